The minimum atomic E-state index is -0.785. The standard InChI is InChI=1S/C11H16NO2.4CH3.U.V.W/c1-3-9-5-4-6-10(9)11(14)8(2)12-7-13;;;;;;;/h8-10H,1-6H2,(H,12,13);4*1H3;;;/q-3;4*-1;2*+2;/t8-,9-,10?;;;;;;;/m0......./s1/i6T;;;;;;;/t6?,8-,9-,10?;;;;;;;. The maximum absolute atomic E-state index is 11.9. The Morgan fingerprint density at radius 2 is 1.86 bits per heavy atom. The van der Waals surface area contributed by atoms with Crippen LogP contribution in [0.4, 0.5) is 0 Å². The molecule has 2 unspecified atom stereocenters. The Kier molecular flexibility index (Phi) is 43.1. The molecule has 0 spiro atoms. The van der Waals surface area contributed by atoms with Crippen LogP contribution in [0.25, 0.3) is 0 Å². The van der Waals surface area contributed by atoms with Crippen molar-refractivity contribution in [3.8, 4) is 0 Å². The average molecular weight is 729 g/mol. The van der Waals surface area contributed by atoms with E-state index < -0.39 is 6.04 Å². The Morgan fingerprint density at radius 3 is 2.24 bits per heavy atom. The molecule has 0 aliphatic heterocycles. The average Bonchev–Trinajstić information content (AvgIpc) is 2.58. The Bertz CT molecular complexity index is 264. The van der Waals surface area contributed by atoms with Gasteiger partial charge < -0.3 is 58.5 Å². The van der Waals surface area contributed by atoms with E-state index >= 15 is 0 Å². The van der Waals surface area contributed by atoms with Crippen LogP contribution in [-0.2, 0) is 49.2 Å². The summed E-state index contributed by atoms with van der Waals surface area (Å²) in [5.74, 6) is -0.326. The van der Waals surface area contributed by atoms with E-state index in [-0.39, 0.29) is 124 Å². The van der Waals surface area contributed by atoms with Gasteiger partial charge in [0.25, 0.3) is 0 Å². The summed E-state index contributed by atoms with van der Waals surface area (Å²) in [5.41, 5.74) is 0. The molecule has 123 valence electrons. The van der Waals surface area contributed by atoms with Gasteiger partial charge >= 0.3 is 49.7 Å². The third-order valence-corrected chi connectivity index (χ3v) is 2.74. The Balaban J connectivity index is -0.0000000643. The molecule has 21 heavy (non-hydrogen) atoms. The minimum Gasteiger partial charge on any atom is -0.546 e. The van der Waals surface area contributed by atoms with Crippen molar-refractivity contribution in [2.24, 2.45) is 11.8 Å². The summed E-state index contributed by atoms with van der Waals surface area (Å²) in [6.07, 6.45) is 3.34. The number of rotatable bonds is 5. The second kappa shape index (κ2) is 23.7. The number of carbonyl (C=O) groups excluding carboxylic acids is 2. The molecule has 1 fully saturated rings. The molecule has 1 amide bonds. The topological polar surface area (TPSA) is 46.2 Å². The van der Waals surface area contributed by atoms with Gasteiger partial charge in [0.1, 0.15) is 5.78 Å². The third kappa shape index (κ3) is 13.6. The predicted octanol–water partition coefficient (Wildman–Crippen LogP) is 2.85. The van der Waals surface area contributed by atoms with Crippen LogP contribution in [0.15, 0.2) is 0 Å². The van der Waals surface area contributed by atoms with Crippen LogP contribution in [0.1, 0.15) is 27.0 Å². The van der Waals surface area contributed by atoms with Gasteiger partial charge in [0.15, 0.2) is 0 Å². The molecule has 3 nitrogen and oxygen atoms in total. The SMILES string of the molecule is [3H]C1CC[C@H](C[CH2-])C1C(=O)[C@H]([CH2-])N[C-]=O.[CH3-].[CH3-].[CH3-].[CH3-].[U+2].[V+2].[W]. The van der Waals surface area contributed by atoms with Gasteiger partial charge in [-0.25, -0.2) is 0 Å². The van der Waals surface area contributed by atoms with Gasteiger partial charge in [0, 0.05) is 28.4 Å². The molecule has 1 N–H and O–H groups in total. The number of carbonyl (C=O) groups is 1. The van der Waals surface area contributed by atoms with E-state index in [1.54, 1.807) is 0 Å². The van der Waals surface area contributed by atoms with E-state index in [0.29, 0.717) is 6.42 Å². The van der Waals surface area contributed by atoms with Gasteiger partial charge in [-0.05, 0) is 6.40 Å². The van der Waals surface area contributed by atoms with Crippen molar-refractivity contribution < 1.29 is 81.7 Å². The molecule has 6 heteroatoms. The quantitative estimate of drug-likeness (QED) is 0.350. The number of nitrogens with one attached hydrogen (secondary N) is 1. The molecule has 0 aromatic heterocycles. The van der Waals surface area contributed by atoms with E-state index in [4.69, 9.17) is 1.37 Å². The minimum absolute atomic E-state index is 0. The smallest absolute Gasteiger partial charge is 0.546 e. The van der Waals surface area contributed by atoms with Crippen LogP contribution in [0.5, 0.6) is 0 Å². The molecule has 1 radical (unpaired) electrons. The first-order valence-corrected chi connectivity index (χ1v) is 4.82. The fourth-order valence-corrected chi connectivity index (χ4v) is 1.91. The summed E-state index contributed by atoms with van der Waals surface area (Å²) >= 11 is 0. The first-order chi connectivity index (χ1) is 7.11. The molecule has 0 aromatic rings. The summed E-state index contributed by atoms with van der Waals surface area (Å²) in [5, 5.41) is 2.22. The maximum Gasteiger partial charge on any atom is 2.00 e. The molecule has 0 aromatic carbocycles. The number of hydrogen-bond donors (Lipinski definition) is 1. The van der Waals surface area contributed by atoms with E-state index in [1.165, 1.54) is 6.41 Å². The normalized spacial score (nSPS) is 23.1. The van der Waals surface area contributed by atoms with E-state index in [0.717, 1.165) is 12.8 Å². The summed E-state index contributed by atoms with van der Waals surface area (Å²) in [4.78, 5) is 21.9. The van der Waals surface area contributed by atoms with Gasteiger partial charge in [0.05, 0.1) is 0 Å². The van der Waals surface area contributed by atoms with Crippen molar-refractivity contribution >= 4 is 12.2 Å². The van der Waals surface area contributed by atoms with Gasteiger partial charge in [-0.2, -0.15) is 12.8 Å². The summed E-state index contributed by atoms with van der Waals surface area (Å²) < 4.78 is 7.78. The van der Waals surface area contributed by atoms with Crippen LogP contribution in [0.2, 0.25) is 0 Å². The fourth-order valence-electron chi connectivity index (χ4n) is 1.91. The van der Waals surface area contributed by atoms with Crippen LogP contribution in [0.3, 0.4) is 0 Å². The second-order valence-electron chi connectivity index (χ2n) is 3.59. The molecular weight excluding hydrogens is 699 g/mol. The van der Waals surface area contributed by atoms with Crippen LogP contribution in [-0.4, -0.2) is 18.2 Å². The molecular formula is C15H28NO2UVW-3. The van der Waals surface area contributed by atoms with E-state index in [2.05, 4.69) is 19.2 Å². The van der Waals surface area contributed by atoms with E-state index in [1.807, 2.05) is 0 Å². The molecule has 0 bridgehead atoms. The van der Waals surface area contributed by atoms with E-state index in [9.17, 15) is 9.59 Å². The summed E-state index contributed by atoms with van der Waals surface area (Å²) in [6.45, 7) is 7.33. The number of Topliss-reactive ketones (excluding diaryl/α,β-unsaturated/α-hetero) is 1. The molecule has 0 saturated heterocycles. The first kappa shape index (κ1) is 38.2. The zero-order valence-electron chi connectivity index (χ0n) is 14.5. The number of ketones is 1. The van der Waals surface area contributed by atoms with Crippen LogP contribution >= 0.6 is 0 Å². The second-order valence-corrected chi connectivity index (χ2v) is 3.59. The van der Waals surface area contributed by atoms with Crippen LogP contribution in [0, 0.1) is 86.5 Å². The van der Waals surface area contributed by atoms with Crippen LogP contribution < -0.4 is 5.32 Å². The maximum atomic E-state index is 11.9. The Morgan fingerprint density at radius 1 is 1.38 bits per heavy atom. The largest absolute Gasteiger partial charge is 2.00 e. The molecule has 1 aliphatic rings. The van der Waals surface area contributed by atoms with Gasteiger partial charge in [-0.3, -0.25) is 0 Å². The molecule has 4 atom stereocenters. The molecule has 1 aliphatic carbocycles. The Labute approximate surface area is 184 Å². The molecule has 1 saturated carbocycles. The summed E-state index contributed by atoms with van der Waals surface area (Å²) in [7, 11) is 0. The van der Waals surface area contributed by atoms with Crippen molar-refractivity contribution in [2.75, 3.05) is 0 Å². The fraction of sp³-hybridized carbons (Fsp3) is 0.467. The van der Waals surface area contributed by atoms with Crippen molar-refractivity contribution in [3.05, 3.63) is 43.6 Å². The van der Waals surface area contributed by atoms with Gasteiger partial charge in [0.2, 0.25) is 0 Å². The molecule has 0 heterocycles. The Hall–Kier alpha value is 1.46. The number of hydrogen-bond acceptors (Lipinski definition) is 2. The summed E-state index contributed by atoms with van der Waals surface area (Å²) in [6, 6.07) is -0.785. The first-order valence-electron chi connectivity index (χ1n) is 5.40. The van der Waals surface area contributed by atoms with Gasteiger partial charge in [-0.15, -0.1) is 0 Å². The molecule has 1 rings (SSSR count). The number of amides is 1. The van der Waals surface area contributed by atoms with Crippen molar-refractivity contribution in [1.29, 1.82) is 0 Å². The monoisotopic (exact) mass is 729 g/mol. The zero-order chi connectivity index (χ0) is 11.4. The predicted molar refractivity (Wildman–Crippen MR) is 79.4 cm³/mol. The van der Waals surface area contributed by atoms with Crippen molar-refractivity contribution in [2.45, 2.75) is 31.7 Å². The van der Waals surface area contributed by atoms with Crippen molar-refractivity contribution in [3.63, 3.8) is 0 Å². The zero-order valence-corrected chi connectivity index (χ0v) is 22.0. The van der Waals surface area contributed by atoms with Crippen molar-refractivity contribution in [1.82, 2.24) is 5.32 Å². The third-order valence-electron chi connectivity index (χ3n) is 2.74. The van der Waals surface area contributed by atoms with Gasteiger partial charge in [-0.1, -0.05) is 24.8 Å².